The lowest BCUT2D eigenvalue weighted by Crippen LogP contribution is -2.29. The molecule has 0 unspecified atom stereocenters. The van der Waals surface area contributed by atoms with E-state index in [1.807, 2.05) is 41.3 Å². The molecule has 0 aliphatic carbocycles. The number of benzene rings is 1. The van der Waals surface area contributed by atoms with E-state index in [-0.39, 0.29) is 13.2 Å². The summed E-state index contributed by atoms with van der Waals surface area (Å²) in [5, 5.41) is 18.2. The zero-order chi connectivity index (χ0) is 14.9. The second-order valence-electron chi connectivity index (χ2n) is 4.62. The Bertz CT molecular complexity index is 528. The summed E-state index contributed by atoms with van der Waals surface area (Å²) in [6.07, 6.45) is 3.36. The van der Waals surface area contributed by atoms with E-state index in [4.69, 9.17) is 14.9 Å². The summed E-state index contributed by atoms with van der Waals surface area (Å²) >= 11 is 0. The Morgan fingerprint density at radius 1 is 1.00 bits per heavy atom. The Labute approximate surface area is 124 Å². The van der Waals surface area contributed by atoms with Gasteiger partial charge in [0.05, 0.1) is 19.4 Å². The second-order valence-corrected chi connectivity index (χ2v) is 4.62. The molecule has 5 heteroatoms. The van der Waals surface area contributed by atoms with E-state index < -0.39 is 0 Å². The van der Waals surface area contributed by atoms with Crippen LogP contribution in [-0.4, -0.2) is 46.4 Å². The molecule has 21 heavy (non-hydrogen) atoms. The molecular formula is C16H20N2O3. The van der Waals surface area contributed by atoms with Gasteiger partial charge in [0.15, 0.2) is 0 Å². The fraction of sp³-hybridized carbons (Fsp3) is 0.312. The van der Waals surface area contributed by atoms with Crippen LogP contribution in [0.25, 0.3) is 0 Å². The molecule has 0 radical (unpaired) electrons. The van der Waals surface area contributed by atoms with E-state index in [2.05, 4.69) is 4.98 Å². The van der Waals surface area contributed by atoms with Crippen LogP contribution in [0.3, 0.4) is 0 Å². The molecule has 1 aromatic carbocycles. The fourth-order valence-electron chi connectivity index (χ4n) is 2.06. The number of rotatable bonds is 8. The summed E-state index contributed by atoms with van der Waals surface area (Å²) in [4.78, 5) is 6.01. The van der Waals surface area contributed by atoms with Crippen LogP contribution in [0.2, 0.25) is 0 Å². The third-order valence-electron chi connectivity index (χ3n) is 3.06. The number of ether oxygens (including phenoxy) is 1. The predicted octanol–water partition coefficient (Wildman–Crippen LogP) is 1.66. The smallest absolute Gasteiger partial charge is 0.145 e. The van der Waals surface area contributed by atoms with Crippen LogP contribution in [0.15, 0.2) is 48.8 Å². The molecule has 5 nitrogen and oxygen atoms in total. The molecule has 2 aromatic rings. The number of pyridine rings is 1. The van der Waals surface area contributed by atoms with Crippen LogP contribution in [0.1, 0.15) is 5.56 Å². The van der Waals surface area contributed by atoms with Gasteiger partial charge < -0.3 is 14.9 Å². The van der Waals surface area contributed by atoms with Gasteiger partial charge in [-0.25, -0.2) is 0 Å². The summed E-state index contributed by atoms with van der Waals surface area (Å²) in [6.45, 7) is 1.76. The van der Waals surface area contributed by atoms with Gasteiger partial charge in [-0.1, -0.05) is 18.2 Å². The van der Waals surface area contributed by atoms with Gasteiger partial charge in [0.1, 0.15) is 11.5 Å². The van der Waals surface area contributed by atoms with E-state index in [9.17, 15) is 0 Å². The molecule has 1 heterocycles. The Balaban J connectivity index is 2.12. The minimum absolute atomic E-state index is 0.0611. The molecule has 2 N–H and O–H groups in total. The minimum atomic E-state index is 0.0611. The number of hydrogen-bond acceptors (Lipinski definition) is 5. The molecule has 2 rings (SSSR count). The van der Waals surface area contributed by atoms with Crippen LogP contribution in [0, 0.1) is 0 Å². The topological polar surface area (TPSA) is 65.8 Å². The highest BCUT2D eigenvalue weighted by atomic mass is 16.5. The minimum Gasteiger partial charge on any atom is -0.455 e. The highest BCUT2D eigenvalue weighted by Crippen LogP contribution is 2.25. The summed E-state index contributed by atoms with van der Waals surface area (Å²) in [5.74, 6) is 1.44. The average Bonchev–Trinajstić information content (AvgIpc) is 2.51. The molecule has 0 saturated carbocycles. The molecule has 0 fully saturated rings. The van der Waals surface area contributed by atoms with Crippen LogP contribution < -0.4 is 4.74 Å². The number of aromatic nitrogens is 1. The SMILES string of the molecule is OCCN(CCO)Cc1ccccc1Oc1cccnc1. The highest BCUT2D eigenvalue weighted by Gasteiger charge is 2.10. The van der Waals surface area contributed by atoms with Crippen molar-refractivity contribution in [2.45, 2.75) is 6.54 Å². The van der Waals surface area contributed by atoms with Crippen molar-refractivity contribution in [3.8, 4) is 11.5 Å². The maximum absolute atomic E-state index is 9.08. The highest BCUT2D eigenvalue weighted by molar-refractivity contribution is 5.37. The van der Waals surface area contributed by atoms with Crippen molar-refractivity contribution >= 4 is 0 Å². The fourth-order valence-corrected chi connectivity index (χ4v) is 2.06. The molecule has 0 amide bonds. The molecular weight excluding hydrogens is 268 g/mol. The van der Waals surface area contributed by atoms with Gasteiger partial charge in [-0.2, -0.15) is 0 Å². The number of aliphatic hydroxyl groups is 2. The van der Waals surface area contributed by atoms with Gasteiger partial charge in [0.2, 0.25) is 0 Å². The van der Waals surface area contributed by atoms with E-state index >= 15 is 0 Å². The van der Waals surface area contributed by atoms with Crippen LogP contribution in [0.5, 0.6) is 11.5 Å². The normalized spacial score (nSPS) is 10.8. The zero-order valence-electron chi connectivity index (χ0n) is 11.9. The average molecular weight is 288 g/mol. The first-order chi connectivity index (χ1) is 10.3. The zero-order valence-corrected chi connectivity index (χ0v) is 11.9. The first-order valence-electron chi connectivity index (χ1n) is 6.93. The number of hydrogen-bond donors (Lipinski definition) is 2. The molecule has 1 aromatic heterocycles. The molecule has 0 spiro atoms. The number of para-hydroxylation sites is 1. The Kier molecular flexibility index (Phi) is 6.15. The van der Waals surface area contributed by atoms with Crippen molar-refractivity contribution in [3.05, 3.63) is 54.4 Å². The maximum Gasteiger partial charge on any atom is 0.145 e. The van der Waals surface area contributed by atoms with E-state index in [0.717, 1.165) is 11.3 Å². The summed E-state index contributed by atoms with van der Waals surface area (Å²) in [6, 6.07) is 11.4. The van der Waals surface area contributed by atoms with Gasteiger partial charge in [-0.15, -0.1) is 0 Å². The van der Waals surface area contributed by atoms with Crippen molar-refractivity contribution in [2.24, 2.45) is 0 Å². The van der Waals surface area contributed by atoms with Gasteiger partial charge in [0.25, 0.3) is 0 Å². The van der Waals surface area contributed by atoms with Gasteiger partial charge >= 0.3 is 0 Å². The summed E-state index contributed by atoms with van der Waals surface area (Å²) < 4.78 is 5.85. The molecule has 0 saturated heterocycles. The lowest BCUT2D eigenvalue weighted by atomic mass is 10.2. The van der Waals surface area contributed by atoms with Crippen LogP contribution >= 0.6 is 0 Å². The van der Waals surface area contributed by atoms with E-state index in [1.54, 1.807) is 12.4 Å². The molecule has 0 aliphatic heterocycles. The Hall–Kier alpha value is -1.95. The van der Waals surface area contributed by atoms with Crippen molar-refractivity contribution < 1.29 is 14.9 Å². The quantitative estimate of drug-likeness (QED) is 0.773. The summed E-state index contributed by atoms with van der Waals surface area (Å²) in [5.41, 5.74) is 1.00. The van der Waals surface area contributed by atoms with Crippen molar-refractivity contribution in [2.75, 3.05) is 26.3 Å². The first kappa shape index (κ1) is 15.4. The van der Waals surface area contributed by atoms with Crippen LogP contribution in [0.4, 0.5) is 0 Å². The summed E-state index contributed by atoms with van der Waals surface area (Å²) in [7, 11) is 0. The number of aliphatic hydroxyl groups excluding tert-OH is 2. The molecule has 0 atom stereocenters. The molecule has 0 bridgehead atoms. The van der Waals surface area contributed by atoms with Gasteiger partial charge in [-0.05, 0) is 18.2 Å². The van der Waals surface area contributed by atoms with Crippen molar-refractivity contribution in [1.82, 2.24) is 9.88 Å². The van der Waals surface area contributed by atoms with Crippen LogP contribution in [-0.2, 0) is 6.54 Å². The standard InChI is InChI=1S/C16H20N2O3/c19-10-8-18(9-11-20)13-14-4-1-2-6-16(14)21-15-5-3-7-17-12-15/h1-7,12,19-20H,8-11,13H2. The van der Waals surface area contributed by atoms with Crippen molar-refractivity contribution in [1.29, 1.82) is 0 Å². The Morgan fingerprint density at radius 2 is 1.76 bits per heavy atom. The predicted molar refractivity (Wildman–Crippen MR) is 80.2 cm³/mol. The van der Waals surface area contributed by atoms with Gasteiger partial charge in [0, 0.05) is 31.4 Å². The largest absolute Gasteiger partial charge is 0.455 e. The lowest BCUT2D eigenvalue weighted by Gasteiger charge is -2.21. The number of nitrogens with zero attached hydrogens (tertiary/aromatic N) is 2. The second kappa shape index (κ2) is 8.36. The Morgan fingerprint density at radius 3 is 2.43 bits per heavy atom. The first-order valence-corrected chi connectivity index (χ1v) is 6.93. The third kappa shape index (κ3) is 4.82. The van der Waals surface area contributed by atoms with E-state index in [1.165, 1.54) is 0 Å². The van der Waals surface area contributed by atoms with Crippen molar-refractivity contribution in [3.63, 3.8) is 0 Å². The molecule has 112 valence electrons. The van der Waals surface area contributed by atoms with E-state index in [0.29, 0.717) is 25.4 Å². The maximum atomic E-state index is 9.08. The van der Waals surface area contributed by atoms with Gasteiger partial charge in [-0.3, -0.25) is 9.88 Å². The monoisotopic (exact) mass is 288 g/mol. The third-order valence-corrected chi connectivity index (χ3v) is 3.06. The lowest BCUT2D eigenvalue weighted by molar-refractivity contribution is 0.155. The molecule has 0 aliphatic rings.